The third kappa shape index (κ3) is 3.05. The van der Waals surface area contributed by atoms with Crippen LogP contribution in [0.2, 0.25) is 0 Å². The number of rotatable bonds is 3. The monoisotopic (exact) mass is 453 g/mol. The van der Waals surface area contributed by atoms with Gasteiger partial charge in [-0.15, -0.1) is 0 Å². The molecule has 1 aliphatic rings. The summed E-state index contributed by atoms with van der Waals surface area (Å²) in [6, 6.07) is 3.83. The third-order valence-electron chi connectivity index (χ3n) is 4.56. The van der Waals surface area contributed by atoms with E-state index in [1.54, 1.807) is 12.4 Å². The lowest BCUT2D eigenvalue weighted by atomic mass is 9.69. The molecule has 3 rings (SSSR count). The van der Waals surface area contributed by atoms with Crippen LogP contribution in [0.25, 0.3) is 0 Å². The van der Waals surface area contributed by atoms with Gasteiger partial charge in [0, 0.05) is 24.4 Å². The first-order valence-corrected chi connectivity index (χ1v) is 9.06. The number of anilines is 2. The maximum absolute atomic E-state index is 11.1. The fourth-order valence-corrected chi connectivity index (χ4v) is 3.79. The van der Waals surface area contributed by atoms with Gasteiger partial charge in [0.05, 0.1) is 15.0 Å². The SMILES string of the molecule is Nc1ncc(C2(c3cnc(N)c(Br)c3)CCC(C=O)NC2)cc1Br. The smallest absolute Gasteiger partial charge is 0.137 e. The maximum atomic E-state index is 11.1. The van der Waals surface area contributed by atoms with Gasteiger partial charge in [-0.25, -0.2) is 9.97 Å². The van der Waals surface area contributed by atoms with Gasteiger partial charge in [-0.2, -0.15) is 0 Å². The summed E-state index contributed by atoms with van der Waals surface area (Å²) in [4.78, 5) is 19.7. The molecule has 5 N–H and O–H groups in total. The first-order chi connectivity index (χ1) is 11.5. The van der Waals surface area contributed by atoms with Crippen molar-refractivity contribution in [2.24, 2.45) is 0 Å². The zero-order valence-corrected chi connectivity index (χ0v) is 16.0. The molecule has 2 aromatic heterocycles. The molecule has 24 heavy (non-hydrogen) atoms. The van der Waals surface area contributed by atoms with Gasteiger partial charge < -0.3 is 21.6 Å². The molecule has 0 saturated carbocycles. The first kappa shape index (κ1) is 17.3. The van der Waals surface area contributed by atoms with Crippen molar-refractivity contribution in [1.82, 2.24) is 15.3 Å². The number of nitrogens with zero attached hydrogens (tertiary/aromatic N) is 2. The van der Waals surface area contributed by atoms with E-state index in [1.807, 2.05) is 12.1 Å². The van der Waals surface area contributed by atoms with E-state index in [2.05, 4.69) is 47.1 Å². The summed E-state index contributed by atoms with van der Waals surface area (Å²) in [7, 11) is 0. The van der Waals surface area contributed by atoms with Crippen molar-refractivity contribution < 1.29 is 4.79 Å². The molecular weight excluding hydrogens is 438 g/mol. The van der Waals surface area contributed by atoms with Crippen LogP contribution in [0.15, 0.2) is 33.5 Å². The van der Waals surface area contributed by atoms with Crippen LogP contribution in [-0.2, 0) is 10.2 Å². The summed E-state index contributed by atoms with van der Waals surface area (Å²) in [5.41, 5.74) is 13.3. The molecule has 0 aromatic carbocycles. The van der Waals surface area contributed by atoms with Gasteiger partial charge in [-0.05, 0) is 68.0 Å². The Morgan fingerprint density at radius 2 is 1.67 bits per heavy atom. The molecule has 1 unspecified atom stereocenters. The van der Waals surface area contributed by atoms with Crippen molar-refractivity contribution in [1.29, 1.82) is 0 Å². The molecule has 0 amide bonds. The molecule has 6 nitrogen and oxygen atoms in total. The van der Waals surface area contributed by atoms with Gasteiger partial charge in [-0.1, -0.05) is 0 Å². The van der Waals surface area contributed by atoms with Crippen molar-refractivity contribution in [3.05, 3.63) is 44.6 Å². The molecule has 3 heterocycles. The van der Waals surface area contributed by atoms with Crippen molar-refractivity contribution >= 4 is 49.8 Å². The fraction of sp³-hybridized carbons (Fsp3) is 0.312. The number of nitrogens with one attached hydrogen (secondary N) is 1. The number of piperidine rings is 1. The number of hydrogen-bond acceptors (Lipinski definition) is 6. The van der Waals surface area contributed by atoms with Gasteiger partial charge in [0.15, 0.2) is 0 Å². The van der Waals surface area contributed by atoms with E-state index in [0.717, 1.165) is 39.2 Å². The van der Waals surface area contributed by atoms with Crippen LogP contribution < -0.4 is 16.8 Å². The summed E-state index contributed by atoms with van der Waals surface area (Å²) in [6.07, 6.45) is 6.05. The largest absolute Gasteiger partial charge is 0.383 e. The van der Waals surface area contributed by atoms with Crippen molar-refractivity contribution in [3.8, 4) is 0 Å². The lowest BCUT2D eigenvalue weighted by Gasteiger charge is -2.40. The Balaban J connectivity index is 2.11. The predicted octanol–water partition coefficient (Wildman–Crippen LogP) is 2.40. The van der Waals surface area contributed by atoms with Crippen LogP contribution in [-0.4, -0.2) is 28.8 Å². The third-order valence-corrected chi connectivity index (χ3v) is 5.83. The molecule has 8 heteroatoms. The van der Waals surface area contributed by atoms with E-state index < -0.39 is 0 Å². The molecule has 1 atom stereocenters. The predicted molar refractivity (Wildman–Crippen MR) is 101 cm³/mol. The highest BCUT2D eigenvalue weighted by Gasteiger charge is 2.39. The number of hydrogen-bond donors (Lipinski definition) is 3. The number of carbonyl (C=O) groups is 1. The Morgan fingerprint density at radius 3 is 2.04 bits per heavy atom. The zero-order valence-electron chi connectivity index (χ0n) is 12.8. The van der Waals surface area contributed by atoms with Crippen molar-refractivity contribution in [3.63, 3.8) is 0 Å². The average Bonchev–Trinajstić information content (AvgIpc) is 2.60. The maximum Gasteiger partial charge on any atom is 0.137 e. The number of nitrogens with two attached hydrogens (primary N) is 2. The van der Waals surface area contributed by atoms with Crippen LogP contribution >= 0.6 is 31.9 Å². The summed E-state index contributed by atoms with van der Waals surface area (Å²) in [5.74, 6) is 0.889. The minimum Gasteiger partial charge on any atom is -0.383 e. The molecule has 0 radical (unpaired) electrons. The molecule has 0 aliphatic carbocycles. The fourth-order valence-electron chi connectivity index (χ4n) is 3.09. The minimum atomic E-state index is -0.355. The number of aldehydes is 1. The topological polar surface area (TPSA) is 107 Å². The Labute approximate surface area is 156 Å². The summed E-state index contributed by atoms with van der Waals surface area (Å²) in [6.45, 7) is 0.604. The highest BCUT2D eigenvalue weighted by molar-refractivity contribution is 9.11. The molecule has 1 aliphatic heterocycles. The van der Waals surface area contributed by atoms with E-state index in [0.29, 0.717) is 18.2 Å². The van der Waals surface area contributed by atoms with Crippen LogP contribution in [0.4, 0.5) is 11.6 Å². The highest BCUT2D eigenvalue weighted by atomic mass is 79.9. The van der Waals surface area contributed by atoms with E-state index in [9.17, 15) is 4.79 Å². The van der Waals surface area contributed by atoms with Crippen LogP contribution in [0.5, 0.6) is 0 Å². The van der Waals surface area contributed by atoms with Gasteiger partial charge >= 0.3 is 0 Å². The van der Waals surface area contributed by atoms with Gasteiger partial charge in [0.25, 0.3) is 0 Å². The molecular formula is C16H17Br2N5O. The summed E-state index contributed by atoms with van der Waals surface area (Å²) < 4.78 is 1.50. The van der Waals surface area contributed by atoms with E-state index in [-0.39, 0.29) is 11.5 Å². The van der Waals surface area contributed by atoms with Crippen LogP contribution in [0.1, 0.15) is 24.0 Å². The molecule has 2 aromatic rings. The number of nitrogen functional groups attached to an aromatic ring is 2. The van der Waals surface area contributed by atoms with Crippen molar-refractivity contribution in [2.75, 3.05) is 18.0 Å². The summed E-state index contributed by atoms with van der Waals surface area (Å²) in [5, 5.41) is 3.31. The van der Waals surface area contributed by atoms with Crippen LogP contribution in [0.3, 0.4) is 0 Å². The Morgan fingerprint density at radius 1 is 1.12 bits per heavy atom. The molecule has 0 spiro atoms. The molecule has 0 bridgehead atoms. The standard InChI is InChI=1S/C16H17Br2N5O/c17-12-3-9(5-21-14(12)19)16(2-1-11(7-24)23-8-16)10-4-13(18)15(20)22-6-10/h3-7,11,23H,1-2,8H2,(H2,19,21)(H2,20,22). The Hall–Kier alpha value is -1.51. The Bertz CT molecular complexity index is 722. The first-order valence-electron chi connectivity index (χ1n) is 7.48. The lowest BCUT2D eigenvalue weighted by molar-refractivity contribution is -0.110. The van der Waals surface area contributed by atoms with E-state index >= 15 is 0 Å². The van der Waals surface area contributed by atoms with Gasteiger partial charge in [0.1, 0.15) is 17.9 Å². The van der Waals surface area contributed by atoms with E-state index in [1.165, 1.54) is 0 Å². The quantitative estimate of drug-likeness (QED) is 0.614. The highest BCUT2D eigenvalue weighted by Crippen LogP contribution is 2.41. The van der Waals surface area contributed by atoms with Crippen LogP contribution in [0, 0.1) is 0 Å². The normalized spacial score (nSPS) is 19.8. The lowest BCUT2D eigenvalue weighted by Crippen LogP contribution is -2.49. The van der Waals surface area contributed by atoms with Crippen molar-refractivity contribution in [2.45, 2.75) is 24.3 Å². The minimum absolute atomic E-state index is 0.131. The molecule has 126 valence electrons. The molecule has 1 fully saturated rings. The zero-order chi connectivity index (χ0) is 17.3. The second kappa shape index (κ2) is 6.78. The average molecular weight is 455 g/mol. The second-order valence-electron chi connectivity index (χ2n) is 5.93. The molecule has 1 saturated heterocycles. The van der Waals surface area contributed by atoms with Gasteiger partial charge in [0.2, 0.25) is 0 Å². The second-order valence-corrected chi connectivity index (χ2v) is 7.64. The van der Waals surface area contributed by atoms with E-state index in [4.69, 9.17) is 11.5 Å². The summed E-state index contributed by atoms with van der Waals surface area (Å²) >= 11 is 6.90. The Kier molecular flexibility index (Phi) is 4.89. The number of aromatic nitrogens is 2. The number of halogens is 2. The number of carbonyl (C=O) groups excluding carboxylic acids is 1. The van der Waals surface area contributed by atoms with Gasteiger partial charge in [-0.3, -0.25) is 0 Å². The number of pyridine rings is 2.